The fourth-order valence-electron chi connectivity index (χ4n) is 3.14. The molecule has 1 fully saturated rings. The normalized spacial score (nSPS) is 26.1. The molecule has 0 aromatic carbocycles. The summed E-state index contributed by atoms with van der Waals surface area (Å²) in [5, 5.41) is 12.3. The van der Waals surface area contributed by atoms with Crippen LogP contribution in [0.5, 0.6) is 0 Å². The molecular weight excluding hydrogens is 240 g/mol. The minimum Gasteiger partial charge on any atom is -0.375 e. The smallest absolute Gasteiger partial charge is 0.147 e. The lowest BCUT2D eigenvalue weighted by molar-refractivity contribution is -0.0631. The number of rotatable bonds is 3. The van der Waals surface area contributed by atoms with Gasteiger partial charge >= 0.3 is 0 Å². The number of aryl methyl sites for hydroxylation is 1. The SMILES string of the molecule is CC1(C)CC(NCc2nnc3n2CCCC3)CCO1. The summed E-state index contributed by atoms with van der Waals surface area (Å²) in [5.41, 5.74) is 0.000185. The van der Waals surface area contributed by atoms with Gasteiger partial charge in [-0.2, -0.15) is 0 Å². The third kappa shape index (κ3) is 2.98. The van der Waals surface area contributed by atoms with Crippen molar-refractivity contribution >= 4 is 0 Å². The van der Waals surface area contributed by atoms with Gasteiger partial charge in [-0.15, -0.1) is 10.2 Å². The number of nitrogens with zero attached hydrogens (tertiary/aromatic N) is 3. The van der Waals surface area contributed by atoms with Crippen molar-refractivity contribution in [3.05, 3.63) is 11.6 Å². The highest BCUT2D eigenvalue weighted by Gasteiger charge is 2.28. The van der Waals surface area contributed by atoms with Gasteiger partial charge in [0.05, 0.1) is 12.1 Å². The Labute approximate surface area is 114 Å². The summed E-state index contributed by atoms with van der Waals surface area (Å²) in [6.45, 7) is 7.09. The molecule has 2 aliphatic rings. The van der Waals surface area contributed by atoms with E-state index in [2.05, 4.69) is 33.9 Å². The first kappa shape index (κ1) is 13.1. The van der Waals surface area contributed by atoms with Gasteiger partial charge in [0.25, 0.3) is 0 Å². The van der Waals surface area contributed by atoms with Crippen LogP contribution in [0, 0.1) is 0 Å². The van der Waals surface area contributed by atoms with Crippen LogP contribution < -0.4 is 5.32 Å². The number of aromatic nitrogens is 3. The van der Waals surface area contributed by atoms with Crippen molar-refractivity contribution in [1.82, 2.24) is 20.1 Å². The minimum absolute atomic E-state index is 0.000185. The van der Waals surface area contributed by atoms with Crippen LogP contribution in [0.3, 0.4) is 0 Å². The zero-order valence-electron chi connectivity index (χ0n) is 12.0. The van der Waals surface area contributed by atoms with E-state index in [0.29, 0.717) is 6.04 Å². The largest absolute Gasteiger partial charge is 0.375 e. The lowest BCUT2D eigenvalue weighted by atomic mass is 9.94. The molecule has 1 unspecified atom stereocenters. The predicted octanol–water partition coefficient (Wildman–Crippen LogP) is 1.66. The molecule has 0 amide bonds. The van der Waals surface area contributed by atoms with Gasteiger partial charge < -0.3 is 14.6 Å². The molecule has 1 aromatic rings. The van der Waals surface area contributed by atoms with Crippen molar-refractivity contribution < 1.29 is 4.74 Å². The quantitative estimate of drug-likeness (QED) is 0.902. The molecular formula is C14H24N4O. The Kier molecular flexibility index (Phi) is 3.58. The van der Waals surface area contributed by atoms with E-state index in [1.165, 1.54) is 12.8 Å². The summed E-state index contributed by atoms with van der Waals surface area (Å²) in [5.74, 6) is 2.26. The summed E-state index contributed by atoms with van der Waals surface area (Å²) < 4.78 is 8.04. The van der Waals surface area contributed by atoms with E-state index < -0.39 is 0 Å². The Morgan fingerprint density at radius 3 is 3.11 bits per heavy atom. The summed E-state index contributed by atoms with van der Waals surface area (Å²) >= 11 is 0. The molecule has 0 radical (unpaired) electrons. The molecule has 1 saturated heterocycles. The maximum atomic E-state index is 5.75. The molecule has 1 atom stereocenters. The van der Waals surface area contributed by atoms with E-state index in [4.69, 9.17) is 4.74 Å². The van der Waals surface area contributed by atoms with E-state index in [1.807, 2.05) is 0 Å². The second-order valence-electron chi connectivity index (χ2n) is 6.32. The Hall–Kier alpha value is -0.940. The summed E-state index contributed by atoms with van der Waals surface area (Å²) in [4.78, 5) is 0. The van der Waals surface area contributed by atoms with Crippen molar-refractivity contribution in [3.63, 3.8) is 0 Å². The third-order valence-electron chi connectivity index (χ3n) is 4.18. The molecule has 0 saturated carbocycles. The highest BCUT2D eigenvalue weighted by molar-refractivity contribution is 4.99. The van der Waals surface area contributed by atoms with Crippen molar-refractivity contribution in [1.29, 1.82) is 0 Å². The first-order valence-electron chi connectivity index (χ1n) is 7.42. The predicted molar refractivity (Wildman–Crippen MR) is 72.9 cm³/mol. The van der Waals surface area contributed by atoms with Crippen LogP contribution in [0.25, 0.3) is 0 Å². The first-order chi connectivity index (χ1) is 9.14. The number of nitrogens with one attached hydrogen (secondary N) is 1. The van der Waals surface area contributed by atoms with Gasteiger partial charge in [0.15, 0.2) is 0 Å². The lowest BCUT2D eigenvalue weighted by Crippen LogP contribution is -2.43. The molecule has 5 nitrogen and oxygen atoms in total. The molecule has 1 N–H and O–H groups in total. The van der Waals surface area contributed by atoms with Gasteiger partial charge in [-0.25, -0.2) is 0 Å². The topological polar surface area (TPSA) is 52.0 Å². The number of ether oxygens (including phenoxy) is 1. The second-order valence-corrected chi connectivity index (χ2v) is 6.32. The third-order valence-corrected chi connectivity index (χ3v) is 4.18. The van der Waals surface area contributed by atoms with E-state index in [1.54, 1.807) is 0 Å². The highest BCUT2D eigenvalue weighted by Crippen LogP contribution is 2.24. The van der Waals surface area contributed by atoms with Gasteiger partial charge in [-0.1, -0.05) is 0 Å². The molecule has 5 heteroatoms. The molecule has 3 heterocycles. The Morgan fingerprint density at radius 2 is 2.26 bits per heavy atom. The Morgan fingerprint density at radius 1 is 1.37 bits per heavy atom. The summed E-state index contributed by atoms with van der Waals surface area (Å²) in [6.07, 6.45) is 5.73. The molecule has 19 heavy (non-hydrogen) atoms. The fraction of sp³-hybridized carbons (Fsp3) is 0.857. The van der Waals surface area contributed by atoms with Gasteiger partial charge in [-0.3, -0.25) is 0 Å². The molecule has 0 spiro atoms. The van der Waals surface area contributed by atoms with Crippen LogP contribution in [0.1, 0.15) is 51.2 Å². The fourth-order valence-corrected chi connectivity index (χ4v) is 3.14. The first-order valence-corrected chi connectivity index (χ1v) is 7.42. The van der Waals surface area contributed by atoms with E-state index in [-0.39, 0.29) is 5.60 Å². The van der Waals surface area contributed by atoms with Crippen molar-refractivity contribution in [2.75, 3.05) is 6.61 Å². The van der Waals surface area contributed by atoms with Crippen LogP contribution in [0.15, 0.2) is 0 Å². The van der Waals surface area contributed by atoms with Crippen LogP contribution in [-0.4, -0.2) is 33.0 Å². The van der Waals surface area contributed by atoms with Crippen molar-refractivity contribution in [3.8, 4) is 0 Å². The second kappa shape index (κ2) is 5.21. The average molecular weight is 264 g/mol. The maximum Gasteiger partial charge on any atom is 0.147 e. The van der Waals surface area contributed by atoms with Crippen LogP contribution in [0.4, 0.5) is 0 Å². The molecule has 0 aliphatic carbocycles. The van der Waals surface area contributed by atoms with E-state index in [9.17, 15) is 0 Å². The zero-order valence-corrected chi connectivity index (χ0v) is 12.0. The van der Waals surface area contributed by atoms with Gasteiger partial charge in [0, 0.05) is 25.6 Å². The number of hydrogen-bond donors (Lipinski definition) is 1. The molecule has 0 bridgehead atoms. The van der Waals surface area contributed by atoms with Gasteiger partial charge in [0.2, 0.25) is 0 Å². The van der Waals surface area contributed by atoms with Gasteiger partial charge in [0.1, 0.15) is 11.6 Å². The van der Waals surface area contributed by atoms with E-state index >= 15 is 0 Å². The van der Waals surface area contributed by atoms with E-state index in [0.717, 1.165) is 50.6 Å². The van der Waals surface area contributed by atoms with Crippen molar-refractivity contribution in [2.45, 2.75) is 70.7 Å². The lowest BCUT2D eigenvalue weighted by Gasteiger charge is -2.35. The van der Waals surface area contributed by atoms with Crippen molar-refractivity contribution in [2.24, 2.45) is 0 Å². The van der Waals surface area contributed by atoms with Crippen LogP contribution in [-0.2, 0) is 24.2 Å². The standard InChI is InChI=1S/C14H24N4O/c1-14(2)9-11(6-8-19-14)15-10-13-17-16-12-5-3-4-7-18(12)13/h11,15H,3-10H2,1-2H3. The highest BCUT2D eigenvalue weighted by atomic mass is 16.5. The van der Waals surface area contributed by atoms with Crippen LogP contribution in [0.2, 0.25) is 0 Å². The summed E-state index contributed by atoms with van der Waals surface area (Å²) in [7, 11) is 0. The minimum atomic E-state index is 0.000185. The zero-order chi connectivity index (χ0) is 13.3. The molecule has 1 aromatic heterocycles. The molecule has 106 valence electrons. The van der Waals surface area contributed by atoms with Crippen LogP contribution >= 0.6 is 0 Å². The molecule has 3 rings (SSSR count). The Balaban J connectivity index is 1.59. The molecule has 2 aliphatic heterocycles. The number of hydrogen-bond acceptors (Lipinski definition) is 4. The Bertz CT molecular complexity index is 441. The number of fused-ring (bicyclic) bond motifs is 1. The average Bonchev–Trinajstić information content (AvgIpc) is 2.78. The monoisotopic (exact) mass is 264 g/mol. The summed E-state index contributed by atoms with van der Waals surface area (Å²) in [6, 6.07) is 0.528. The van der Waals surface area contributed by atoms with Gasteiger partial charge in [-0.05, 0) is 39.5 Å². The maximum absolute atomic E-state index is 5.75.